The van der Waals surface area contributed by atoms with Crippen LogP contribution in [0.15, 0.2) is 22.7 Å². The quantitative estimate of drug-likeness (QED) is 0.508. The summed E-state index contributed by atoms with van der Waals surface area (Å²) in [5, 5.41) is 0.700. The highest BCUT2D eigenvalue weighted by atomic mass is 79.9. The van der Waals surface area contributed by atoms with Crippen LogP contribution in [-0.4, -0.2) is 0 Å². The van der Waals surface area contributed by atoms with Crippen molar-refractivity contribution in [2.45, 2.75) is 25.8 Å². The molecule has 0 heterocycles. The van der Waals surface area contributed by atoms with Gasteiger partial charge in [-0.2, -0.15) is 0 Å². The van der Waals surface area contributed by atoms with Crippen LogP contribution in [-0.2, 0) is 0 Å². The standard InChI is InChI=1S/C12H14BrClN2/c1-2-3-4-5-12(16-15)9-6-10(13)8-11(14)7-9/h6-8,12,16H,4-5,15H2,1H3. The van der Waals surface area contributed by atoms with Crippen molar-refractivity contribution < 1.29 is 0 Å². The van der Waals surface area contributed by atoms with Crippen LogP contribution < -0.4 is 11.3 Å². The summed E-state index contributed by atoms with van der Waals surface area (Å²) in [5.74, 6) is 11.4. The van der Waals surface area contributed by atoms with Gasteiger partial charge >= 0.3 is 0 Å². The normalized spacial score (nSPS) is 11.8. The summed E-state index contributed by atoms with van der Waals surface area (Å²) in [4.78, 5) is 0. The third-order valence-electron chi connectivity index (χ3n) is 2.22. The number of hydrazine groups is 1. The Balaban J connectivity index is 2.80. The smallest absolute Gasteiger partial charge is 0.0470 e. The van der Waals surface area contributed by atoms with Crippen LogP contribution in [0.3, 0.4) is 0 Å². The first kappa shape index (κ1) is 13.5. The van der Waals surface area contributed by atoms with Crippen LogP contribution in [0.5, 0.6) is 0 Å². The largest absolute Gasteiger partial charge is 0.271 e. The van der Waals surface area contributed by atoms with Crippen molar-refractivity contribution in [3.05, 3.63) is 33.3 Å². The fraction of sp³-hybridized carbons (Fsp3) is 0.333. The van der Waals surface area contributed by atoms with Crippen LogP contribution in [0.2, 0.25) is 5.02 Å². The molecule has 0 saturated carbocycles. The van der Waals surface area contributed by atoms with Gasteiger partial charge < -0.3 is 0 Å². The predicted octanol–water partition coefficient (Wildman–Crippen LogP) is 3.41. The van der Waals surface area contributed by atoms with Gasteiger partial charge in [0.1, 0.15) is 0 Å². The third kappa shape index (κ3) is 4.15. The Morgan fingerprint density at radius 3 is 2.81 bits per heavy atom. The number of hydrogen-bond acceptors (Lipinski definition) is 2. The van der Waals surface area contributed by atoms with Crippen LogP contribution >= 0.6 is 27.5 Å². The molecule has 0 fully saturated rings. The molecule has 0 aliphatic heterocycles. The Bertz CT molecular complexity index is 389. The van der Waals surface area contributed by atoms with Gasteiger partial charge in [0, 0.05) is 22.0 Å². The molecule has 16 heavy (non-hydrogen) atoms. The van der Waals surface area contributed by atoms with E-state index in [-0.39, 0.29) is 6.04 Å². The van der Waals surface area contributed by atoms with Crippen molar-refractivity contribution in [3.8, 4) is 11.8 Å². The van der Waals surface area contributed by atoms with Crippen LogP contribution in [0.25, 0.3) is 0 Å². The maximum Gasteiger partial charge on any atom is 0.0470 e. The van der Waals surface area contributed by atoms with Gasteiger partial charge in [0.15, 0.2) is 0 Å². The number of rotatable bonds is 4. The van der Waals surface area contributed by atoms with E-state index >= 15 is 0 Å². The number of benzene rings is 1. The average Bonchev–Trinajstić information content (AvgIpc) is 2.23. The molecular weight excluding hydrogens is 288 g/mol. The molecule has 0 aliphatic rings. The molecule has 0 bridgehead atoms. The van der Waals surface area contributed by atoms with Crippen molar-refractivity contribution in [1.82, 2.24) is 5.43 Å². The maximum absolute atomic E-state index is 5.99. The van der Waals surface area contributed by atoms with Crippen molar-refractivity contribution in [2.75, 3.05) is 0 Å². The lowest BCUT2D eigenvalue weighted by Gasteiger charge is -2.15. The number of nitrogens with one attached hydrogen (secondary N) is 1. The molecule has 1 rings (SSSR count). The summed E-state index contributed by atoms with van der Waals surface area (Å²) in [6.07, 6.45) is 1.68. The molecule has 1 atom stereocenters. The maximum atomic E-state index is 5.99. The van der Waals surface area contributed by atoms with E-state index in [2.05, 4.69) is 33.2 Å². The zero-order valence-corrected chi connectivity index (χ0v) is 11.4. The lowest BCUT2D eigenvalue weighted by atomic mass is 10.0. The van der Waals surface area contributed by atoms with Crippen LogP contribution in [0, 0.1) is 11.8 Å². The van der Waals surface area contributed by atoms with Gasteiger partial charge in [-0.05, 0) is 37.1 Å². The molecule has 1 aromatic carbocycles. The van der Waals surface area contributed by atoms with Crippen LogP contribution in [0.4, 0.5) is 0 Å². The van der Waals surface area contributed by atoms with Crippen molar-refractivity contribution >= 4 is 27.5 Å². The second kappa shape index (κ2) is 6.93. The van der Waals surface area contributed by atoms with E-state index in [0.717, 1.165) is 22.9 Å². The molecule has 1 unspecified atom stereocenters. The second-order valence-corrected chi connectivity index (χ2v) is 4.74. The van der Waals surface area contributed by atoms with E-state index in [1.165, 1.54) is 0 Å². The average molecular weight is 302 g/mol. The second-order valence-electron chi connectivity index (χ2n) is 3.39. The minimum absolute atomic E-state index is 0.0795. The highest BCUT2D eigenvalue weighted by molar-refractivity contribution is 9.10. The lowest BCUT2D eigenvalue weighted by Crippen LogP contribution is -2.27. The van der Waals surface area contributed by atoms with E-state index in [4.69, 9.17) is 17.4 Å². The topological polar surface area (TPSA) is 38.0 Å². The molecule has 0 aliphatic carbocycles. The molecule has 4 heteroatoms. The minimum Gasteiger partial charge on any atom is -0.271 e. The zero-order chi connectivity index (χ0) is 12.0. The van der Waals surface area contributed by atoms with Crippen LogP contribution in [0.1, 0.15) is 31.4 Å². The molecule has 0 aromatic heterocycles. The first-order chi connectivity index (χ1) is 7.67. The summed E-state index contributed by atoms with van der Waals surface area (Å²) in [7, 11) is 0. The predicted molar refractivity (Wildman–Crippen MR) is 71.9 cm³/mol. The Hall–Kier alpha value is -0.530. The molecule has 1 aromatic rings. The molecule has 2 nitrogen and oxygen atoms in total. The SMILES string of the molecule is CC#CCCC(NN)c1cc(Cl)cc(Br)c1. The third-order valence-corrected chi connectivity index (χ3v) is 2.90. The van der Waals surface area contributed by atoms with Gasteiger partial charge in [0.2, 0.25) is 0 Å². The van der Waals surface area contributed by atoms with Gasteiger partial charge in [-0.1, -0.05) is 27.5 Å². The van der Waals surface area contributed by atoms with E-state index in [9.17, 15) is 0 Å². The van der Waals surface area contributed by atoms with Crippen molar-refractivity contribution in [2.24, 2.45) is 5.84 Å². The van der Waals surface area contributed by atoms with Gasteiger partial charge in [-0.3, -0.25) is 11.3 Å². The molecule has 0 saturated heterocycles. The Morgan fingerprint density at radius 1 is 1.50 bits per heavy atom. The molecule has 3 N–H and O–H groups in total. The molecule has 86 valence electrons. The van der Waals surface area contributed by atoms with Gasteiger partial charge in [-0.25, -0.2) is 0 Å². The molecule has 0 amide bonds. The number of halogens is 2. The number of nitrogens with two attached hydrogens (primary N) is 1. The molecular formula is C12H14BrClN2. The summed E-state index contributed by atoms with van der Waals surface area (Å²) in [6, 6.07) is 5.85. The summed E-state index contributed by atoms with van der Waals surface area (Å²) in [5.41, 5.74) is 3.85. The minimum atomic E-state index is 0.0795. The van der Waals surface area contributed by atoms with Crippen molar-refractivity contribution in [1.29, 1.82) is 0 Å². The fourth-order valence-corrected chi connectivity index (χ4v) is 2.35. The molecule has 0 radical (unpaired) electrons. The highest BCUT2D eigenvalue weighted by Gasteiger charge is 2.10. The van der Waals surface area contributed by atoms with Gasteiger partial charge in [0.25, 0.3) is 0 Å². The Morgan fingerprint density at radius 2 is 2.25 bits per heavy atom. The first-order valence-corrected chi connectivity index (χ1v) is 6.16. The summed E-state index contributed by atoms with van der Waals surface area (Å²) >= 11 is 9.40. The van der Waals surface area contributed by atoms with E-state index < -0.39 is 0 Å². The highest BCUT2D eigenvalue weighted by Crippen LogP contribution is 2.25. The fourth-order valence-electron chi connectivity index (χ4n) is 1.46. The van der Waals surface area contributed by atoms with E-state index in [0.29, 0.717) is 5.02 Å². The Kier molecular flexibility index (Phi) is 5.86. The van der Waals surface area contributed by atoms with E-state index in [1.807, 2.05) is 25.1 Å². The monoisotopic (exact) mass is 300 g/mol. The summed E-state index contributed by atoms with van der Waals surface area (Å²) in [6.45, 7) is 1.83. The zero-order valence-electron chi connectivity index (χ0n) is 9.06. The van der Waals surface area contributed by atoms with Gasteiger partial charge in [-0.15, -0.1) is 11.8 Å². The van der Waals surface area contributed by atoms with Crippen molar-refractivity contribution in [3.63, 3.8) is 0 Å². The van der Waals surface area contributed by atoms with E-state index in [1.54, 1.807) is 0 Å². The number of hydrogen-bond donors (Lipinski definition) is 2. The lowest BCUT2D eigenvalue weighted by molar-refractivity contribution is 0.523. The first-order valence-electron chi connectivity index (χ1n) is 4.99. The summed E-state index contributed by atoms with van der Waals surface area (Å²) < 4.78 is 0.955. The van der Waals surface area contributed by atoms with Gasteiger partial charge in [0.05, 0.1) is 0 Å². The Labute approximate surface area is 110 Å². The molecule has 0 spiro atoms.